The fourth-order valence-corrected chi connectivity index (χ4v) is 2.81. The Morgan fingerprint density at radius 3 is 3.00 bits per heavy atom. The first-order valence-corrected chi connectivity index (χ1v) is 7.20. The molecule has 1 fully saturated rings. The summed E-state index contributed by atoms with van der Waals surface area (Å²) in [6, 6.07) is 5.35. The number of benzene rings is 1. The van der Waals surface area contributed by atoms with Crippen molar-refractivity contribution in [2.75, 3.05) is 26.9 Å². The Morgan fingerprint density at radius 1 is 1.55 bits per heavy atom. The molecule has 2 atom stereocenters. The number of methoxy groups -OCH3 is 1. The summed E-state index contributed by atoms with van der Waals surface area (Å²) in [7, 11) is 1.58. The Kier molecular flexibility index (Phi) is 5.24. The number of hydrogen-bond acceptors (Lipinski definition) is 3. The molecule has 0 aromatic heterocycles. The van der Waals surface area contributed by atoms with E-state index in [4.69, 9.17) is 21.1 Å². The topological polar surface area (TPSA) is 30.5 Å². The van der Waals surface area contributed by atoms with Gasteiger partial charge in [-0.2, -0.15) is 0 Å². The summed E-state index contributed by atoms with van der Waals surface area (Å²) < 4.78 is 25.5. The quantitative estimate of drug-likeness (QED) is 0.907. The standard InChI is InChI=1S/C15H21ClFNO2/c1-15(17,9-13-10-20-6-5-18-13)8-11-7-12(16)3-4-14(11)19-2/h3-4,7,13,18H,5-6,8-10H2,1-2H3. The maximum atomic E-state index is 14.8. The van der Waals surface area contributed by atoms with Crippen molar-refractivity contribution in [3.63, 3.8) is 0 Å². The van der Waals surface area contributed by atoms with Gasteiger partial charge in [0.05, 0.1) is 20.3 Å². The number of hydrogen-bond donors (Lipinski definition) is 1. The molecule has 1 aliphatic rings. The molecular weight excluding hydrogens is 281 g/mol. The Bertz CT molecular complexity index is 447. The van der Waals surface area contributed by atoms with Crippen LogP contribution in [0, 0.1) is 0 Å². The molecule has 0 radical (unpaired) electrons. The first kappa shape index (κ1) is 15.5. The van der Waals surface area contributed by atoms with Crippen molar-refractivity contribution in [2.45, 2.75) is 31.5 Å². The van der Waals surface area contributed by atoms with E-state index in [0.717, 1.165) is 12.1 Å². The SMILES string of the molecule is COc1ccc(Cl)cc1CC(C)(F)CC1COCCN1. The van der Waals surface area contributed by atoms with Crippen LogP contribution < -0.4 is 10.1 Å². The van der Waals surface area contributed by atoms with Crippen LogP contribution in [0.3, 0.4) is 0 Å². The summed E-state index contributed by atoms with van der Waals surface area (Å²) in [6.45, 7) is 3.65. The number of halogens is 2. The van der Waals surface area contributed by atoms with Gasteiger partial charge in [0.2, 0.25) is 0 Å². The Balaban J connectivity index is 2.04. The Labute approximate surface area is 124 Å². The van der Waals surface area contributed by atoms with Gasteiger partial charge in [0.1, 0.15) is 11.4 Å². The van der Waals surface area contributed by atoms with Crippen LogP contribution in [0.5, 0.6) is 5.75 Å². The van der Waals surface area contributed by atoms with Gasteiger partial charge in [-0.25, -0.2) is 4.39 Å². The van der Waals surface area contributed by atoms with E-state index in [1.54, 1.807) is 32.2 Å². The number of morpholine rings is 1. The van der Waals surface area contributed by atoms with Gasteiger partial charge in [0.25, 0.3) is 0 Å². The molecule has 1 aromatic carbocycles. The first-order chi connectivity index (χ1) is 9.50. The second-order valence-electron chi connectivity index (χ2n) is 5.48. The number of alkyl halides is 1. The van der Waals surface area contributed by atoms with Crippen LogP contribution in [0.2, 0.25) is 5.02 Å². The van der Waals surface area contributed by atoms with Crippen molar-refractivity contribution < 1.29 is 13.9 Å². The zero-order valence-corrected chi connectivity index (χ0v) is 12.7. The third kappa shape index (κ3) is 4.33. The van der Waals surface area contributed by atoms with Crippen molar-refractivity contribution in [2.24, 2.45) is 0 Å². The number of nitrogens with one attached hydrogen (secondary N) is 1. The van der Waals surface area contributed by atoms with Gasteiger partial charge in [0, 0.05) is 24.0 Å². The minimum Gasteiger partial charge on any atom is -0.496 e. The van der Waals surface area contributed by atoms with E-state index in [0.29, 0.717) is 30.4 Å². The maximum absolute atomic E-state index is 14.8. The molecular formula is C15H21ClFNO2. The van der Waals surface area contributed by atoms with E-state index in [2.05, 4.69) is 5.32 Å². The zero-order valence-electron chi connectivity index (χ0n) is 11.9. The van der Waals surface area contributed by atoms with Gasteiger partial charge in [-0.05, 0) is 37.1 Å². The minimum atomic E-state index is -1.34. The van der Waals surface area contributed by atoms with Crippen LogP contribution in [0.15, 0.2) is 18.2 Å². The predicted octanol–water partition coefficient (Wildman–Crippen LogP) is 3.00. The molecule has 0 bridgehead atoms. The molecule has 2 unspecified atom stereocenters. The number of ether oxygens (including phenoxy) is 2. The second-order valence-corrected chi connectivity index (χ2v) is 5.91. The fourth-order valence-electron chi connectivity index (χ4n) is 2.62. The van der Waals surface area contributed by atoms with Gasteiger partial charge in [-0.1, -0.05) is 11.6 Å². The Hall–Kier alpha value is -0.840. The zero-order chi connectivity index (χ0) is 14.6. The Morgan fingerprint density at radius 2 is 2.35 bits per heavy atom. The van der Waals surface area contributed by atoms with Crippen LogP contribution in [0.25, 0.3) is 0 Å². The summed E-state index contributed by atoms with van der Waals surface area (Å²) in [4.78, 5) is 0. The van der Waals surface area contributed by atoms with Crippen molar-refractivity contribution in [1.82, 2.24) is 5.32 Å². The molecule has 20 heavy (non-hydrogen) atoms. The lowest BCUT2D eigenvalue weighted by Crippen LogP contribution is -2.45. The van der Waals surface area contributed by atoms with Crippen molar-refractivity contribution in [3.8, 4) is 5.75 Å². The van der Waals surface area contributed by atoms with Gasteiger partial charge in [0.15, 0.2) is 0 Å². The minimum absolute atomic E-state index is 0.0592. The summed E-state index contributed by atoms with van der Waals surface area (Å²) >= 11 is 5.98. The average Bonchev–Trinajstić information content (AvgIpc) is 2.39. The lowest BCUT2D eigenvalue weighted by Gasteiger charge is -2.30. The molecule has 1 aromatic rings. The normalized spacial score (nSPS) is 22.3. The molecule has 5 heteroatoms. The van der Waals surface area contributed by atoms with Crippen molar-refractivity contribution >= 4 is 11.6 Å². The molecule has 1 N–H and O–H groups in total. The highest BCUT2D eigenvalue weighted by molar-refractivity contribution is 6.30. The third-order valence-corrected chi connectivity index (χ3v) is 3.71. The monoisotopic (exact) mass is 301 g/mol. The molecule has 2 rings (SSSR count). The maximum Gasteiger partial charge on any atom is 0.122 e. The average molecular weight is 302 g/mol. The molecule has 0 amide bonds. The molecule has 1 aliphatic heterocycles. The lowest BCUT2D eigenvalue weighted by atomic mass is 9.91. The largest absolute Gasteiger partial charge is 0.496 e. The van der Waals surface area contributed by atoms with Crippen molar-refractivity contribution in [3.05, 3.63) is 28.8 Å². The van der Waals surface area contributed by atoms with E-state index >= 15 is 0 Å². The van der Waals surface area contributed by atoms with E-state index in [-0.39, 0.29) is 12.5 Å². The van der Waals surface area contributed by atoms with Gasteiger partial charge in [-0.15, -0.1) is 0 Å². The van der Waals surface area contributed by atoms with E-state index in [1.807, 2.05) is 0 Å². The van der Waals surface area contributed by atoms with Crippen LogP contribution >= 0.6 is 11.6 Å². The van der Waals surface area contributed by atoms with Crippen LogP contribution in [-0.4, -0.2) is 38.6 Å². The number of rotatable bonds is 5. The second kappa shape index (κ2) is 6.74. The molecule has 1 heterocycles. The summed E-state index contributed by atoms with van der Waals surface area (Å²) in [5.74, 6) is 0.672. The van der Waals surface area contributed by atoms with Gasteiger partial charge >= 0.3 is 0 Å². The molecule has 1 saturated heterocycles. The smallest absolute Gasteiger partial charge is 0.122 e. The van der Waals surface area contributed by atoms with Gasteiger partial charge < -0.3 is 14.8 Å². The molecule has 112 valence electrons. The third-order valence-electron chi connectivity index (χ3n) is 3.47. The summed E-state index contributed by atoms with van der Waals surface area (Å²) in [5.41, 5.74) is -0.544. The molecule has 0 saturated carbocycles. The van der Waals surface area contributed by atoms with E-state index in [9.17, 15) is 4.39 Å². The molecule has 0 spiro atoms. The summed E-state index contributed by atoms with van der Waals surface area (Å²) in [6.07, 6.45) is 0.678. The molecule has 3 nitrogen and oxygen atoms in total. The van der Waals surface area contributed by atoms with E-state index < -0.39 is 5.67 Å². The predicted molar refractivity (Wildman–Crippen MR) is 78.4 cm³/mol. The van der Waals surface area contributed by atoms with Crippen molar-refractivity contribution in [1.29, 1.82) is 0 Å². The van der Waals surface area contributed by atoms with Crippen LogP contribution in [0.4, 0.5) is 4.39 Å². The highest BCUT2D eigenvalue weighted by atomic mass is 35.5. The lowest BCUT2D eigenvalue weighted by molar-refractivity contribution is 0.0482. The summed E-state index contributed by atoms with van der Waals surface area (Å²) in [5, 5.41) is 3.87. The molecule has 0 aliphatic carbocycles. The highest BCUT2D eigenvalue weighted by Gasteiger charge is 2.30. The van der Waals surface area contributed by atoms with Gasteiger partial charge in [-0.3, -0.25) is 0 Å². The fraction of sp³-hybridized carbons (Fsp3) is 0.600. The van der Waals surface area contributed by atoms with E-state index in [1.165, 1.54) is 0 Å². The first-order valence-electron chi connectivity index (χ1n) is 6.83. The van der Waals surface area contributed by atoms with Crippen LogP contribution in [0.1, 0.15) is 18.9 Å². The highest BCUT2D eigenvalue weighted by Crippen LogP contribution is 2.30. The van der Waals surface area contributed by atoms with Crippen LogP contribution in [-0.2, 0) is 11.2 Å².